The number of nitrogens with zero attached hydrogens (tertiary/aromatic N) is 3. The minimum Gasteiger partial charge on any atom is -0.480 e. The smallest absolute Gasteiger partial charge is 0.269 e. The molecule has 2 aromatic heterocycles. The highest BCUT2D eigenvalue weighted by molar-refractivity contribution is 6.30. The van der Waals surface area contributed by atoms with Gasteiger partial charge in [0.05, 0.1) is 7.11 Å². The molecule has 0 spiro atoms. The largest absolute Gasteiger partial charge is 0.480 e. The molecule has 1 aromatic carbocycles. The summed E-state index contributed by atoms with van der Waals surface area (Å²) in [7, 11) is 1.50. The zero-order valence-electron chi connectivity index (χ0n) is 11.1. The van der Waals surface area contributed by atoms with E-state index in [4.69, 9.17) is 22.1 Å². The number of benzene rings is 1. The molecule has 2 heterocycles. The summed E-state index contributed by atoms with van der Waals surface area (Å²) in [4.78, 5) is 16.2. The van der Waals surface area contributed by atoms with E-state index in [1.807, 2.05) is 0 Å². The lowest BCUT2D eigenvalue weighted by Gasteiger charge is -2.02. The van der Waals surface area contributed by atoms with E-state index in [1.165, 1.54) is 11.6 Å². The first kappa shape index (κ1) is 13.4. The predicted molar refractivity (Wildman–Crippen MR) is 78.5 cm³/mol. The topological polar surface area (TPSA) is 82.5 Å². The highest BCUT2D eigenvalue weighted by Crippen LogP contribution is 2.25. The summed E-state index contributed by atoms with van der Waals surface area (Å²) in [6.07, 6.45) is 0. The standard InChI is InChI=1S/C14H11ClN4O2/c1-21-11-7-6-10-17-12(8-2-4-9(15)5-3-8)13(14(16)20)19(10)18-11/h2-7H,1H3,(H2,16,20). The number of nitrogens with two attached hydrogens (primary N) is 1. The van der Waals surface area contributed by atoms with Crippen LogP contribution in [0.15, 0.2) is 36.4 Å². The van der Waals surface area contributed by atoms with Crippen molar-refractivity contribution in [3.8, 4) is 17.1 Å². The number of aromatic nitrogens is 3. The van der Waals surface area contributed by atoms with Crippen LogP contribution in [0.25, 0.3) is 16.9 Å². The van der Waals surface area contributed by atoms with Crippen molar-refractivity contribution in [2.24, 2.45) is 5.73 Å². The molecule has 0 unspecified atom stereocenters. The summed E-state index contributed by atoms with van der Waals surface area (Å²) >= 11 is 5.87. The van der Waals surface area contributed by atoms with Gasteiger partial charge in [0.15, 0.2) is 11.3 Å². The molecule has 1 amide bonds. The first-order valence-electron chi connectivity index (χ1n) is 6.09. The number of amides is 1. The summed E-state index contributed by atoms with van der Waals surface area (Å²) in [6, 6.07) is 10.4. The summed E-state index contributed by atoms with van der Waals surface area (Å²) in [6.45, 7) is 0. The average molecular weight is 303 g/mol. The number of imidazole rings is 1. The van der Waals surface area contributed by atoms with Crippen LogP contribution in [0.2, 0.25) is 5.02 Å². The molecule has 0 atom stereocenters. The van der Waals surface area contributed by atoms with Gasteiger partial charge >= 0.3 is 0 Å². The number of hydrogen-bond donors (Lipinski definition) is 1. The van der Waals surface area contributed by atoms with E-state index in [2.05, 4.69) is 10.1 Å². The minimum atomic E-state index is -0.617. The lowest BCUT2D eigenvalue weighted by Crippen LogP contribution is -2.16. The zero-order valence-corrected chi connectivity index (χ0v) is 11.8. The van der Waals surface area contributed by atoms with Gasteiger partial charge < -0.3 is 10.5 Å². The lowest BCUT2D eigenvalue weighted by molar-refractivity contribution is 0.0994. The molecule has 0 aliphatic heterocycles. The number of halogens is 1. The maximum absolute atomic E-state index is 11.8. The fourth-order valence-corrected chi connectivity index (χ4v) is 2.18. The Kier molecular flexibility index (Phi) is 3.23. The Labute approximate surface area is 125 Å². The molecule has 0 saturated heterocycles. The Morgan fingerprint density at radius 1 is 1.24 bits per heavy atom. The summed E-state index contributed by atoms with van der Waals surface area (Å²) < 4.78 is 6.44. The second-order valence-corrected chi connectivity index (χ2v) is 4.76. The molecular formula is C14H11ClN4O2. The van der Waals surface area contributed by atoms with Gasteiger partial charge in [-0.2, -0.15) is 0 Å². The van der Waals surface area contributed by atoms with Gasteiger partial charge in [0, 0.05) is 16.7 Å². The molecule has 21 heavy (non-hydrogen) atoms. The van der Waals surface area contributed by atoms with Crippen LogP contribution in [-0.2, 0) is 0 Å². The highest BCUT2D eigenvalue weighted by Gasteiger charge is 2.19. The van der Waals surface area contributed by atoms with Gasteiger partial charge in [-0.05, 0) is 18.2 Å². The Hall–Kier alpha value is -2.60. The van der Waals surface area contributed by atoms with Gasteiger partial charge in [0.2, 0.25) is 5.88 Å². The predicted octanol–water partition coefficient (Wildman–Crippen LogP) is 2.16. The van der Waals surface area contributed by atoms with Crippen molar-refractivity contribution < 1.29 is 9.53 Å². The fourth-order valence-electron chi connectivity index (χ4n) is 2.06. The lowest BCUT2D eigenvalue weighted by atomic mass is 10.1. The number of carbonyl (C=O) groups excluding carboxylic acids is 1. The highest BCUT2D eigenvalue weighted by atomic mass is 35.5. The molecule has 0 saturated carbocycles. The van der Waals surface area contributed by atoms with Crippen molar-refractivity contribution in [3.05, 3.63) is 47.1 Å². The van der Waals surface area contributed by atoms with Crippen molar-refractivity contribution in [1.29, 1.82) is 0 Å². The Morgan fingerprint density at radius 3 is 2.57 bits per heavy atom. The number of fused-ring (bicyclic) bond motifs is 1. The third kappa shape index (κ3) is 2.30. The summed E-state index contributed by atoms with van der Waals surface area (Å²) in [5, 5.41) is 4.78. The Morgan fingerprint density at radius 2 is 1.95 bits per heavy atom. The molecule has 0 fully saturated rings. The van der Waals surface area contributed by atoms with Crippen LogP contribution in [-0.4, -0.2) is 27.6 Å². The van der Waals surface area contributed by atoms with E-state index in [9.17, 15) is 4.79 Å². The zero-order chi connectivity index (χ0) is 15.0. The van der Waals surface area contributed by atoms with Gasteiger partial charge in [-0.3, -0.25) is 4.79 Å². The number of ether oxygens (including phenoxy) is 1. The fraction of sp³-hybridized carbons (Fsp3) is 0.0714. The van der Waals surface area contributed by atoms with E-state index in [-0.39, 0.29) is 5.69 Å². The number of hydrogen-bond acceptors (Lipinski definition) is 4. The maximum atomic E-state index is 11.8. The molecule has 3 aromatic rings. The molecule has 0 aliphatic rings. The second-order valence-electron chi connectivity index (χ2n) is 4.33. The van der Waals surface area contributed by atoms with Gasteiger partial charge in [-0.15, -0.1) is 5.10 Å². The van der Waals surface area contributed by atoms with Crippen LogP contribution in [0.3, 0.4) is 0 Å². The van der Waals surface area contributed by atoms with Gasteiger partial charge in [0.1, 0.15) is 5.69 Å². The third-order valence-corrected chi connectivity index (χ3v) is 3.27. The van der Waals surface area contributed by atoms with E-state index in [0.717, 1.165) is 5.56 Å². The molecule has 6 nitrogen and oxygen atoms in total. The molecule has 0 bridgehead atoms. The Balaban J connectivity index is 2.29. The van der Waals surface area contributed by atoms with Gasteiger partial charge in [-0.25, -0.2) is 9.50 Å². The SMILES string of the molecule is COc1ccc2nc(-c3ccc(Cl)cc3)c(C(N)=O)n2n1. The summed E-state index contributed by atoms with van der Waals surface area (Å²) in [5.74, 6) is -0.252. The van der Waals surface area contributed by atoms with Gasteiger partial charge in [0.25, 0.3) is 5.91 Å². The Bertz CT molecular complexity index is 827. The molecule has 0 aliphatic carbocycles. The first-order chi connectivity index (χ1) is 10.1. The first-order valence-corrected chi connectivity index (χ1v) is 6.47. The van der Waals surface area contributed by atoms with Crippen LogP contribution in [0.5, 0.6) is 5.88 Å². The monoisotopic (exact) mass is 302 g/mol. The van der Waals surface area contributed by atoms with Crippen LogP contribution >= 0.6 is 11.6 Å². The van der Waals surface area contributed by atoms with E-state index in [0.29, 0.717) is 22.2 Å². The molecule has 7 heteroatoms. The molecule has 0 radical (unpaired) electrons. The second kappa shape index (κ2) is 5.06. The molecule has 3 rings (SSSR count). The summed E-state index contributed by atoms with van der Waals surface area (Å²) in [5.41, 5.74) is 7.38. The van der Waals surface area contributed by atoms with Crippen LogP contribution in [0.1, 0.15) is 10.5 Å². The van der Waals surface area contributed by atoms with Crippen LogP contribution in [0.4, 0.5) is 0 Å². The van der Waals surface area contributed by atoms with Crippen molar-refractivity contribution in [1.82, 2.24) is 14.6 Å². The van der Waals surface area contributed by atoms with Crippen LogP contribution in [0, 0.1) is 0 Å². The maximum Gasteiger partial charge on any atom is 0.269 e. The average Bonchev–Trinajstić information content (AvgIpc) is 2.86. The molecule has 2 N–H and O–H groups in total. The third-order valence-electron chi connectivity index (χ3n) is 3.01. The molecule has 106 valence electrons. The number of methoxy groups -OCH3 is 1. The van der Waals surface area contributed by atoms with Crippen molar-refractivity contribution in [2.75, 3.05) is 7.11 Å². The minimum absolute atomic E-state index is 0.200. The van der Waals surface area contributed by atoms with E-state index >= 15 is 0 Å². The number of primary amides is 1. The quantitative estimate of drug-likeness (QED) is 0.803. The van der Waals surface area contributed by atoms with Crippen LogP contribution < -0.4 is 10.5 Å². The van der Waals surface area contributed by atoms with Gasteiger partial charge in [-0.1, -0.05) is 23.7 Å². The van der Waals surface area contributed by atoms with E-state index in [1.54, 1.807) is 36.4 Å². The number of carbonyl (C=O) groups is 1. The number of rotatable bonds is 3. The molecular weight excluding hydrogens is 292 g/mol. The van der Waals surface area contributed by atoms with Crippen molar-refractivity contribution in [3.63, 3.8) is 0 Å². The van der Waals surface area contributed by atoms with Crippen molar-refractivity contribution >= 4 is 23.2 Å². The van der Waals surface area contributed by atoms with E-state index < -0.39 is 5.91 Å². The van der Waals surface area contributed by atoms with Crippen molar-refractivity contribution in [2.45, 2.75) is 0 Å². The normalized spacial score (nSPS) is 10.8.